The van der Waals surface area contributed by atoms with E-state index in [1.54, 1.807) is 6.07 Å². The predicted molar refractivity (Wildman–Crippen MR) is 105 cm³/mol. The molecule has 0 aromatic heterocycles. The van der Waals surface area contributed by atoms with E-state index in [1.807, 2.05) is 43.9 Å². The van der Waals surface area contributed by atoms with Crippen LogP contribution in [-0.2, 0) is 9.59 Å². The summed E-state index contributed by atoms with van der Waals surface area (Å²) in [6.07, 6.45) is 2.95. The Morgan fingerprint density at radius 1 is 1.11 bits per heavy atom. The van der Waals surface area contributed by atoms with E-state index in [-0.39, 0.29) is 23.6 Å². The fourth-order valence-electron chi connectivity index (χ4n) is 3.31. The van der Waals surface area contributed by atoms with E-state index in [0.29, 0.717) is 24.9 Å². The lowest BCUT2D eigenvalue weighted by Gasteiger charge is -2.21. The Labute approximate surface area is 161 Å². The first-order valence-electron chi connectivity index (χ1n) is 9.80. The molecule has 0 spiro atoms. The second kappa shape index (κ2) is 10.1. The van der Waals surface area contributed by atoms with Gasteiger partial charge in [0.15, 0.2) is 0 Å². The molecule has 1 unspecified atom stereocenters. The number of nitrogens with zero attached hydrogens (tertiary/aromatic N) is 1. The van der Waals surface area contributed by atoms with Crippen molar-refractivity contribution in [3.8, 4) is 0 Å². The molecule has 148 valence electrons. The fourth-order valence-corrected chi connectivity index (χ4v) is 3.31. The maximum absolute atomic E-state index is 12.6. The van der Waals surface area contributed by atoms with Crippen molar-refractivity contribution in [2.45, 2.75) is 52.5 Å². The highest BCUT2D eigenvalue weighted by atomic mass is 16.2. The topological polar surface area (TPSA) is 78.5 Å². The highest BCUT2D eigenvalue weighted by Gasteiger charge is 2.23. The van der Waals surface area contributed by atoms with Crippen LogP contribution in [0.15, 0.2) is 24.3 Å². The van der Waals surface area contributed by atoms with Crippen LogP contribution in [0.5, 0.6) is 0 Å². The zero-order valence-corrected chi connectivity index (χ0v) is 16.6. The van der Waals surface area contributed by atoms with Crippen molar-refractivity contribution in [2.24, 2.45) is 5.92 Å². The molecule has 2 rings (SSSR count). The van der Waals surface area contributed by atoms with E-state index in [9.17, 15) is 14.4 Å². The lowest BCUT2D eigenvalue weighted by atomic mass is 10.0. The van der Waals surface area contributed by atoms with Crippen LogP contribution in [0.25, 0.3) is 0 Å². The zero-order chi connectivity index (χ0) is 19.8. The van der Waals surface area contributed by atoms with Gasteiger partial charge in [0, 0.05) is 31.6 Å². The lowest BCUT2D eigenvalue weighted by molar-refractivity contribution is -0.130. The van der Waals surface area contributed by atoms with Crippen molar-refractivity contribution in [1.29, 1.82) is 0 Å². The predicted octanol–water partition coefficient (Wildman–Crippen LogP) is 2.27. The number of carbonyl (C=O) groups is 3. The minimum atomic E-state index is -0.612. The van der Waals surface area contributed by atoms with Crippen LogP contribution in [0.1, 0.15) is 55.5 Å². The molecule has 0 radical (unpaired) electrons. The summed E-state index contributed by atoms with van der Waals surface area (Å²) in [6, 6.07) is 6.70. The molecule has 1 aliphatic heterocycles. The Kier molecular flexibility index (Phi) is 7.82. The molecule has 1 aromatic carbocycles. The molecule has 3 amide bonds. The highest BCUT2D eigenvalue weighted by Crippen LogP contribution is 2.11. The molecular formula is C21H31N3O3. The van der Waals surface area contributed by atoms with Crippen molar-refractivity contribution < 1.29 is 14.4 Å². The van der Waals surface area contributed by atoms with Gasteiger partial charge in [0.25, 0.3) is 5.91 Å². The van der Waals surface area contributed by atoms with Gasteiger partial charge in [-0.25, -0.2) is 0 Å². The van der Waals surface area contributed by atoms with E-state index in [2.05, 4.69) is 10.6 Å². The average molecular weight is 373 g/mol. The molecule has 0 aliphatic carbocycles. The molecule has 1 aliphatic rings. The fraction of sp³-hybridized carbons (Fsp3) is 0.571. The summed E-state index contributed by atoms with van der Waals surface area (Å²) in [5.41, 5.74) is 1.44. The Morgan fingerprint density at radius 3 is 2.41 bits per heavy atom. The number of aryl methyl sites for hydroxylation is 1. The summed E-state index contributed by atoms with van der Waals surface area (Å²) < 4.78 is 0. The normalized spacial score (nSPS) is 14.9. The summed E-state index contributed by atoms with van der Waals surface area (Å²) in [5, 5.41) is 5.66. The van der Waals surface area contributed by atoms with Crippen LogP contribution in [0, 0.1) is 12.8 Å². The molecule has 6 nitrogen and oxygen atoms in total. The number of benzene rings is 1. The quantitative estimate of drug-likeness (QED) is 0.734. The highest BCUT2D eigenvalue weighted by molar-refractivity contribution is 5.98. The van der Waals surface area contributed by atoms with Gasteiger partial charge in [-0.2, -0.15) is 0 Å². The van der Waals surface area contributed by atoms with Crippen LogP contribution in [0.4, 0.5) is 0 Å². The molecular weight excluding hydrogens is 342 g/mol. The number of hydrogen-bond acceptors (Lipinski definition) is 3. The van der Waals surface area contributed by atoms with E-state index in [0.717, 1.165) is 31.5 Å². The number of rotatable bonds is 8. The van der Waals surface area contributed by atoms with Gasteiger partial charge in [-0.1, -0.05) is 32.0 Å². The number of nitrogens with one attached hydrogen (secondary N) is 2. The summed E-state index contributed by atoms with van der Waals surface area (Å²) >= 11 is 0. The van der Waals surface area contributed by atoms with Gasteiger partial charge >= 0.3 is 0 Å². The largest absolute Gasteiger partial charge is 0.354 e. The van der Waals surface area contributed by atoms with Crippen molar-refractivity contribution in [1.82, 2.24) is 15.5 Å². The molecule has 6 heteroatoms. The zero-order valence-electron chi connectivity index (χ0n) is 16.6. The second-order valence-electron chi connectivity index (χ2n) is 7.60. The summed E-state index contributed by atoms with van der Waals surface area (Å²) in [4.78, 5) is 39.1. The molecule has 1 fully saturated rings. The Bertz CT molecular complexity index is 666. The molecule has 1 heterocycles. The van der Waals surface area contributed by atoms with Crippen LogP contribution < -0.4 is 10.6 Å². The third-order valence-corrected chi connectivity index (χ3v) is 4.82. The Balaban J connectivity index is 1.90. The number of amides is 3. The number of likely N-dealkylation sites (tertiary alicyclic amines) is 1. The molecule has 1 saturated heterocycles. The maximum Gasteiger partial charge on any atom is 0.252 e. The van der Waals surface area contributed by atoms with Gasteiger partial charge in [-0.3, -0.25) is 14.4 Å². The molecule has 1 aromatic rings. The summed E-state index contributed by atoms with van der Waals surface area (Å²) in [7, 11) is 0. The van der Waals surface area contributed by atoms with Crippen LogP contribution >= 0.6 is 0 Å². The van der Waals surface area contributed by atoms with Crippen LogP contribution in [0.3, 0.4) is 0 Å². The van der Waals surface area contributed by atoms with Gasteiger partial charge in [0.05, 0.1) is 0 Å². The van der Waals surface area contributed by atoms with Gasteiger partial charge in [-0.05, 0) is 43.7 Å². The molecule has 2 N–H and O–H groups in total. The monoisotopic (exact) mass is 373 g/mol. The second-order valence-corrected chi connectivity index (χ2v) is 7.60. The first-order chi connectivity index (χ1) is 12.9. The average Bonchev–Trinajstić information content (AvgIpc) is 3.15. The molecule has 0 bridgehead atoms. The Morgan fingerprint density at radius 2 is 1.78 bits per heavy atom. The van der Waals surface area contributed by atoms with Crippen molar-refractivity contribution in [3.63, 3.8) is 0 Å². The van der Waals surface area contributed by atoms with Crippen LogP contribution in [0.2, 0.25) is 0 Å². The minimum absolute atomic E-state index is 0.0807. The first kappa shape index (κ1) is 20.9. The van der Waals surface area contributed by atoms with Crippen molar-refractivity contribution >= 4 is 17.7 Å². The first-order valence-corrected chi connectivity index (χ1v) is 9.80. The van der Waals surface area contributed by atoms with Crippen molar-refractivity contribution in [2.75, 3.05) is 19.6 Å². The molecule has 1 atom stereocenters. The van der Waals surface area contributed by atoms with Crippen LogP contribution in [-0.4, -0.2) is 48.3 Å². The van der Waals surface area contributed by atoms with Crippen molar-refractivity contribution in [3.05, 3.63) is 35.4 Å². The maximum atomic E-state index is 12.6. The smallest absolute Gasteiger partial charge is 0.252 e. The van der Waals surface area contributed by atoms with E-state index in [4.69, 9.17) is 0 Å². The SMILES string of the molecule is Cc1ccccc1C(=O)NC(CC(C)C)C(=O)NCCC(=O)N1CCCC1. The Hall–Kier alpha value is -2.37. The van der Waals surface area contributed by atoms with Gasteiger partial charge in [0.1, 0.15) is 6.04 Å². The van der Waals surface area contributed by atoms with E-state index < -0.39 is 6.04 Å². The minimum Gasteiger partial charge on any atom is -0.354 e. The lowest BCUT2D eigenvalue weighted by Crippen LogP contribution is -2.48. The molecule has 0 saturated carbocycles. The van der Waals surface area contributed by atoms with Gasteiger partial charge < -0.3 is 15.5 Å². The van der Waals surface area contributed by atoms with Gasteiger partial charge in [0.2, 0.25) is 11.8 Å². The summed E-state index contributed by atoms with van der Waals surface area (Å²) in [6.45, 7) is 7.82. The van der Waals surface area contributed by atoms with E-state index in [1.165, 1.54) is 0 Å². The van der Waals surface area contributed by atoms with E-state index >= 15 is 0 Å². The summed E-state index contributed by atoms with van der Waals surface area (Å²) in [5.74, 6) is -0.150. The third-order valence-electron chi connectivity index (χ3n) is 4.82. The number of carbonyl (C=O) groups excluding carboxylic acids is 3. The number of hydrogen-bond donors (Lipinski definition) is 2. The molecule has 27 heavy (non-hydrogen) atoms. The third kappa shape index (κ3) is 6.38. The van der Waals surface area contributed by atoms with Gasteiger partial charge in [-0.15, -0.1) is 0 Å². The standard InChI is InChI=1S/C21H31N3O3/c1-15(2)14-18(23-20(26)17-9-5-4-8-16(17)3)21(27)22-11-10-19(25)24-12-6-7-13-24/h4-5,8-9,15,18H,6-7,10-14H2,1-3H3,(H,22,27)(H,23,26).